The quantitative estimate of drug-likeness (QED) is 0.430. The first-order chi connectivity index (χ1) is 11.6. The summed E-state index contributed by atoms with van der Waals surface area (Å²) in [7, 11) is 0. The molecular formula is C21H19ClF2. The standard InChI is InChI=1S/C21H19ClF2/c1-2-3-4-5-14-6-9-17-15(12-14)7-10-18(21(17)22)16-8-11-19(23)20(24)13-16/h6-13H,2-5H2,1H3. The Morgan fingerprint density at radius 3 is 2.46 bits per heavy atom. The number of aryl methyl sites for hydroxylation is 1. The van der Waals surface area contributed by atoms with E-state index in [0.29, 0.717) is 16.1 Å². The van der Waals surface area contributed by atoms with Crippen molar-refractivity contribution in [2.45, 2.75) is 32.6 Å². The average molecular weight is 345 g/mol. The Morgan fingerprint density at radius 1 is 0.875 bits per heavy atom. The molecule has 3 aromatic rings. The van der Waals surface area contributed by atoms with Gasteiger partial charge in [-0.2, -0.15) is 0 Å². The van der Waals surface area contributed by atoms with Crippen LogP contribution < -0.4 is 0 Å². The molecular weight excluding hydrogens is 326 g/mol. The van der Waals surface area contributed by atoms with Gasteiger partial charge >= 0.3 is 0 Å². The number of hydrogen-bond acceptors (Lipinski definition) is 0. The van der Waals surface area contributed by atoms with E-state index in [4.69, 9.17) is 11.6 Å². The summed E-state index contributed by atoms with van der Waals surface area (Å²) >= 11 is 6.53. The Morgan fingerprint density at radius 2 is 1.71 bits per heavy atom. The van der Waals surface area contributed by atoms with Crippen molar-refractivity contribution in [1.29, 1.82) is 0 Å². The van der Waals surface area contributed by atoms with Crippen molar-refractivity contribution in [1.82, 2.24) is 0 Å². The Labute approximate surface area is 146 Å². The van der Waals surface area contributed by atoms with Crippen LogP contribution in [0.25, 0.3) is 21.9 Å². The highest BCUT2D eigenvalue weighted by atomic mass is 35.5. The number of halogens is 3. The van der Waals surface area contributed by atoms with E-state index in [-0.39, 0.29) is 0 Å². The average Bonchev–Trinajstić information content (AvgIpc) is 2.58. The minimum Gasteiger partial charge on any atom is -0.204 e. The van der Waals surface area contributed by atoms with Crippen molar-refractivity contribution < 1.29 is 8.78 Å². The second kappa shape index (κ2) is 7.31. The van der Waals surface area contributed by atoms with Gasteiger partial charge in [-0.15, -0.1) is 0 Å². The van der Waals surface area contributed by atoms with Gasteiger partial charge < -0.3 is 0 Å². The second-order valence-corrected chi connectivity index (χ2v) is 6.45. The SMILES string of the molecule is CCCCCc1ccc2c(Cl)c(-c3ccc(F)c(F)c3)ccc2c1. The molecule has 0 atom stereocenters. The van der Waals surface area contributed by atoms with Crippen LogP contribution in [-0.4, -0.2) is 0 Å². The molecule has 0 amide bonds. The summed E-state index contributed by atoms with van der Waals surface area (Å²) < 4.78 is 26.6. The second-order valence-electron chi connectivity index (χ2n) is 6.07. The predicted molar refractivity (Wildman–Crippen MR) is 97.5 cm³/mol. The van der Waals surface area contributed by atoms with Crippen molar-refractivity contribution in [3.8, 4) is 11.1 Å². The van der Waals surface area contributed by atoms with E-state index in [1.54, 1.807) is 6.07 Å². The molecule has 0 aliphatic heterocycles. The lowest BCUT2D eigenvalue weighted by molar-refractivity contribution is 0.509. The fourth-order valence-corrected chi connectivity index (χ4v) is 3.31. The Bertz CT molecular complexity index is 871. The van der Waals surface area contributed by atoms with Crippen molar-refractivity contribution in [2.24, 2.45) is 0 Å². The lowest BCUT2D eigenvalue weighted by atomic mass is 9.98. The zero-order valence-electron chi connectivity index (χ0n) is 13.6. The van der Waals surface area contributed by atoms with E-state index in [0.717, 1.165) is 23.3 Å². The molecule has 0 aliphatic rings. The van der Waals surface area contributed by atoms with Crippen LogP contribution in [0.5, 0.6) is 0 Å². The summed E-state index contributed by atoms with van der Waals surface area (Å²) in [6, 6.07) is 14.0. The number of rotatable bonds is 5. The molecule has 3 rings (SSSR count). The molecule has 0 aliphatic carbocycles. The first-order valence-corrected chi connectivity index (χ1v) is 8.64. The Balaban J connectivity index is 1.98. The summed E-state index contributed by atoms with van der Waals surface area (Å²) in [6.45, 7) is 2.19. The van der Waals surface area contributed by atoms with Crippen LogP contribution in [-0.2, 0) is 6.42 Å². The van der Waals surface area contributed by atoms with Gasteiger partial charge in [-0.25, -0.2) is 8.78 Å². The zero-order chi connectivity index (χ0) is 17.1. The van der Waals surface area contributed by atoms with E-state index in [1.807, 2.05) is 18.2 Å². The monoisotopic (exact) mass is 344 g/mol. The van der Waals surface area contributed by atoms with Crippen LogP contribution in [0.2, 0.25) is 5.02 Å². The van der Waals surface area contributed by atoms with Gasteiger partial charge in [0.25, 0.3) is 0 Å². The van der Waals surface area contributed by atoms with Crippen LogP contribution in [0.1, 0.15) is 31.7 Å². The summed E-state index contributed by atoms with van der Waals surface area (Å²) in [5.74, 6) is -1.72. The van der Waals surface area contributed by atoms with Gasteiger partial charge in [0.05, 0.1) is 5.02 Å². The van der Waals surface area contributed by atoms with Gasteiger partial charge in [-0.1, -0.05) is 67.8 Å². The fourth-order valence-electron chi connectivity index (χ4n) is 2.96. The number of benzene rings is 3. The minimum absolute atomic E-state index is 0.568. The van der Waals surface area contributed by atoms with Crippen LogP contribution in [0.3, 0.4) is 0 Å². The van der Waals surface area contributed by atoms with Gasteiger partial charge in [-0.3, -0.25) is 0 Å². The van der Waals surface area contributed by atoms with Crippen LogP contribution in [0, 0.1) is 11.6 Å². The normalized spacial score (nSPS) is 11.2. The fraction of sp³-hybridized carbons (Fsp3) is 0.238. The smallest absolute Gasteiger partial charge is 0.159 e. The maximum atomic E-state index is 13.5. The first-order valence-electron chi connectivity index (χ1n) is 8.26. The van der Waals surface area contributed by atoms with Crippen LogP contribution in [0.15, 0.2) is 48.5 Å². The molecule has 0 N–H and O–H groups in total. The van der Waals surface area contributed by atoms with Gasteiger partial charge in [-0.05, 0) is 41.5 Å². The van der Waals surface area contributed by atoms with Gasteiger partial charge in [0.1, 0.15) is 0 Å². The maximum absolute atomic E-state index is 13.5. The van der Waals surface area contributed by atoms with Crippen molar-refractivity contribution in [2.75, 3.05) is 0 Å². The molecule has 0 heterocycles. The number of fused-ring (bicyclic) bond motifs is 1. The van der Waals surface area contributed by atoms with Crippen molar-refractivity contribution >= 4 is 22.4 Å². The molecule has 0 unspecified atom stereocenters. The largest absolute Gasteiger partial charge is 0.204 e. The van der Waals surface area contributed by atoms with Crippen LogP contribution in [0.4, 0.5) is 8.78 Å². The molecule has 0 spiro atoms. The highest BCUT2D eigenvalue weighted by Crippen LogP contribution is 2.35. The number of hydrogen-bond donors (Lipinski definition) is 0. The Hall–Kier alpha value is -1.93. The van der Waals surface area contributed by atoms with Gasteiger partial charge in [0.15, 0.2) is 11.6 Å². The van der Waals surface area contributed by atoms with Crippen LogP contribution >= 0.6 is 11.6 Å². The molecule has 0 saturated carbocycles. The highest BCUT2D eigenvalue weighted by Gasteiger charge is 2.11. The summed E-state index contributed by atoms with van der Waals surface area (Å²) in [6.07, 6.45) is 4.68. The molecule has 124 valence electrons. The lowest BCUT2D eigenvalue weighted by Gasteiger charge is -2.10. The topological polar surface area (TPSA) is 0 Å². The van der Waals surface area contributed by atoms with Gasteiger partial charge in [0, 0.05) is 10.9 Å². The minimum atomic E-state index is -0.866. The molecule has 0 saturated heterocycles. The lowest BCUT2D eigenvalue weighted by Crippen LogP contribution is -1.89. The summed E-state index contributed by atoms with van der Waals surface area (Å²) in [5.41, 5.74) is 2.59. The number of unbranched alkanes of at least 4 members (excludes halogenated alkanes) is 2. The molecule has 0 nitrogen and oxygen atoms in total. The van der Waals surface area contributed by atoms with Crippen molar-refractivity contribution in [3.05, 3.63) is 70.8 Å². The van der Waals surface area contributed by atoms with Gasteiger partial charge in [0.2, 0.25) is 0 Å². The molecule has 0 fully saturated rings. The Kier molecular flexibility index (Phi) is 5.15. The predicted octanol–water partition coefficient (Wildman–Crippen LogP) is 7.17. The van der Waals surface area contributed by atoms with E-state index in [9.17, 15) is 8.78 Å². The zero-order valence-corrected chi connectivity index (χ0v) is 14.3. The highest BCUT2D eigenvalue weighted by molar-refractivity contribution is 6.38. The molecule has 0 aromatic heterocycles. The third-order valence-corrected chi connectivity index (χ3v) is 4.73. The van der Waals surface area contributed by atoms with E-state index in [2.05, 4.69) is 19.1 Å². The van der Waals surface area contributed by atoms with E-state index in [1.165, 1.54) is 30.9 Å². The maximum Gasteiger partial charge on any atom is 0.159 e. The molecule has 0 bridgehead atoms. The first kappa shape index (κ1) is 16.9. The summed E-state index contributed by atoms with van der Waals surface area (Å²) in [4.78, 5) is 0. The molecule has 0 radical (unpaired) electrons. The molecule has 3 heteroatoms. The van der Waals surface area contributed by atoms with E-state index < -0.39 is 11.6 Å². The third-order valence-electron chi connectivity index (χ3n) is 4.32. The van der Waals surface area contributed by atoms with Crippen molar-refractivity contribution in [3.63, 3.8) is 0 Å². The molecule has 3 aromatic carbocycles. The summed E-state index contributed by atoms with van der Waals surface area (Å²) in [5, 5.41) is 2.57. The molecule has 24 heavy (non-hydrogen) atoms. The third kappa shape index (κ3) is 3.44. The van der Waals surface area contributed by atoms with E-state index >= 15 is 0 Å².